The monoisotopic (exact) mass is 369 g/mol. The quantitative estimate of drug-likeness (QED) is 0.875. The van der Waals surface area contributed by atoms with Gasteiger partial charge in [-0.05, 0) is 43.9 Å². The van der Waals surface area contributed by atoms with Crippen molar-refractivity contribution in [1.29, 1.82) is 0 Å². The number of benzene rings is 1. The SMILES string of the molecule is O=S(=O)(NC1CCC(Oc2cnccn2)CC1)c1ccc(F)c(F)c1. The Morgan fingerprint density at radius 2 is 1.84 bits per heavy atom. The average Bonchev–Trinajstić information content (AvgIpc) is 2.60. The van der Waals surface area contributed by atoms with Crippen LogP contribution < -0.4 is 9.46 Å². The van der Waals surface area contributed by atoms with E-state index in [2.05, 4.69) is 14.7 Å². The van der Waals surface area contributed by atoms with Crippen molar-refractivity contribution in [2.24, 2.45) is 0 Å². The van der Waals surface area contributed by atoms with E-state index in [1.165, 1.54) is 12.4 Å². The topological polar surface area (TPSA) is 81.2 Å². The van der Waals surface area contributed by atoms with Crippen LogP contribution >= 0.6 is 0 Å². The van der Waals surface area contributed by atoms with Gasteiger partial charge in [-0.15, -0.1) is 0 Å². The summed E-state index contributed by atoms with van der Waals surface area (Å²) in [6.07, 6.45) is 7.02. The summed E-state index contributed by atoms with van der Waals surface area (Å²) in [7, 11) is -3.90. The van der Waals surface area contributed by atoms with Crippen LogP contribution in [0.3, 0.4) is 0 Å². The molecule has 0 amide bonds. The van der Waals surface area contributed by atoms with Gasteiger partial charge < -0.3 is 4.74 Å². The summed E-state index contributed by atoms with van der Waals surface area (Å²) < 4.78 is 59.0. The third-order valence-corrected chi connectivity index (χ3v) is 5.54. The summed E-state index contributed by atoms with van der Waals surface area (Å²) in [6, 6.07) is 2.25. The van der Waals surface area contributed by atoms with Gasteiger partial charge in [-0.2, -0.15) is 0 Å². The van der Waals surface area contributed by atoms with Gasteiger partial charge in [0.2, 0.25) is 15.9 Å². The van der Waals surface area contributed by atoms with Crippen molar-refractivity contribution in [3.63, 3.8) is 0 Å². The highest BCUT2D eigenvalue weighted by atomic mass is 32.2. The van der Waals surface area contributed by atoms with E-state index in [0.29, 0.717) is 37.6 Å². The van der Waals surface area contributed by atoms with Gasteiger partial charge in [0.05, 0.1) is 11.1 Å². The number of sulfonamides is 1. The van der Waals surface area contributed by atoms with Gasteiger partial charge in [-0.25, -0.2) is 26.9 Å². The number of nitrogens with zero attached hydrogens (tertiary/aromatic N) is 2. The van der Waals surface area contributed by atoms with E-state index in [1.807, 2.05) is 0 Å². The standard InChI is InChI=1S/C16H17F2N3O3S/c17-14-6-5-13(9-15(14)18)25(22,23)21-11-1-3-12(4-2-11)24-16-10-19-7-8-20-16/h5-12,21H,1-4H2. The second kappa shape index (κ2) is 7.40. The Hall–Kier alpha value is -2.13. The first kappa shape index (κ1) is 17.7. The van der Waals surface area contributed by atoms with Crippen LogP contribution in [0.2, 0.25) is 0 Å². The molecule has 0 atom stereocenters. The van der Waals surface area contributed by atoms with Crippen LogP contribution in [0.15, 0.2) is 41.7 Å². The Labute approximate surface area is 144 Å². The first-order valence-corrected chi connectivity index (χ1v) is 9.32. The Balaban J connectivity index is 1.57. The molecular weight excluding hydrogens is 352 g/mol. The van der Waals surface area contributed by atoms with E-state index in [1.54, 1.807) is 6.20 Å². The van der Waals surface area contributed by atoms with Gasteiger partial charge in [-0.1, -0.05) is 0 Å². The van der Waals surface area contributed by atoms with E-state index in [9.17, 15) is 17.2 Å². The molecule has 9 heteroatoms. The zero-order chi connectivity index (χ0) is 17.9. The van der Waals surface area contributed by atoms with Crippen LogP contribution in [0, 0.1) is 11.6 Å². The molecule has 1 aliphatic rings. The van der Waals surface area contributed by atoms with Gasteiger partial charge in [0.1, 0.15) is 6.10 Å². The van der Waals surface area contributed by atoms with Gasteiger partial charge in [-0.3, -0.25) is 4.98 Å². The summed E-state index contributed by atoms with van der Waals surface area (Å²) in [5.41, 5.74) is 0. The number of halogens is 2. The number of ether oxygens (including phenoxy) is 1. The number of nitrogens with one attached hydrogen (secondary N) is 1. The second-order valence-electron chi connectivity index (χ2n) is 5.83. The van der Waals surface area contributed by atoms with Gasteiger partial charge in [0.25, 0.3) is 0 Å². The molecule has 1 heterocycles. The molecule has 1 aromatic heterocycles. The molecule has 6 nitrogen and oxygen atoms in total. The zero-order valence-electron chi connectivity index (χ0n) is 13.2. The van der Waals surface area contributed by atoms with Crippen LogP contribution in [0.25, 0.3) is 0 Å². The lowest BCUT2D eigenvalue weighted by atomic mass is 9.94. The zero-order valence-corrected chi connectivity index (χ0v) is 14.0. The normalized spacial score (nSPS) is 21.0. The van der Waals surface area contributed by atoms with Crippen molar-refractivity contribution < 1.29 is 21.9 Å². The molecule has 1 N–H and O–H groups in total. The summed E-state index contributed by atoms with van der Waals surface area (Å²) in [5.74, 6) is -1.84. The van der Waals surface area contributed by atoms with E-state index < -0.39 is 21.7 Å². The minimum atomic E-state index is -3.90. The minimum absolute atomic E-state index is 0.0549. The van der Waals surface area contributed by atoms with Crippen molar-refractivity contribution in [2.75, 3.05) is 0 Å². The first-order valence-electron chi connectivity index (χ1n) is 7.84. The largest absolute Gasteiger partial charge is 0.473 e. The van der Waals surface area contributed by atoms with Gasteiger partial charge in [0, 0.05) is 18.4 Å². The van der Waals surface area contributed by atoms with Crippen molar-refractivity contribution in [3.05, 3.63) is 48.4 Å². The fourth-order valence-electron chi connectivity index (χ4n) is 2.75. The Kier molecular flexibility index (Phi) is 5.24. The predicted octanol–water partition coefficient (Wildman–Crippen LogP) is 2.42. The van der Waals surface area contributed by atoms with Gasteiger partial charge >= 0.3 is 0 Å². The Morgan fingerprint density at radius 1 is 1.08 bits per heavy atom. The maximum Gasteiger partial charge on any atom is 0.240 e. The molecule has 0 radical (unpaired) electrons. The molecule has 0 saturated heterocycles. The van der Waals surface area contributed by atoms with Crippen LogP contribution in [0.4, 0.5) is 8.78 Å². The van der Waals surface area contributed by atoms with Crippen molar-refractivity contribution in [2.45, 2.75) is 42.7 Å². The molecule has 25 heavy (non-hydrogen) atoms. The maximum absolute atomic E-state index is 13.3. The Morgan fingerprint density at radius 3 is 2.48 bits per heavy atom. The summed E-state index contributed by atoms with van der Waals surface area (Å²) in [6.45, 7) is 0. The second-order valence-corrected chi connectivity index (χ2v) is 7.55. The molecule has 0 aliphatic heterocycles. The van der Waals surface area contributed by atoms with Crippen LogP contribution in [0.1, 0.15) is 25.7 Å². The molecule has 0 unspecified atom stereocenters. The highest BCUT2D eigenvalue weighted by Gasteiger charge is 2.27. The lowest BCUT2D eigenvalue weighted by Crippen LogP contribution is -2.39. The van der Waals surface area contributed by atoms with Crippen LogP contribution in [0.5, 0.6) is 5.88 Å². The predicted molar refractivity (Wildman–Crippen MR) is 85.4 cm³/mol. The smallest absolute Gasteiger partial charge is 0.240 e. The molecule has 1 aromatic carbocycles. The third-order valence-electron chi connectivity index (χ3n) is 4.02. The fourth-order valence-corrected chi connectivity index (χ4v) is 4.06. The molecule has 1 aliphatic carbocycles. The third kappa shape index (κ3) is 4.49. The molecule has 2 aromatic rings. The van der Waals surface area contributed by atoms with Crippen molar-refractivity contribution >= 4 is 10.0 Å². The average molecular weight is 369 g/mol. The molecule has 1 fully saturated rings. The van der Waals surface area contributed by atoms with Crippen molar-refractivity contribution in [3.8, 4) is 5.88 Å². The molecular formula is C16H17F2N3O3S. The highest BCUT2D eigenvalue weighted by Crippen LogP contribution is 2.24. The Bertz CT molecular complexity index is 826. The molecule has 3 rings (SSSR count). The van der Waals surface area contributed by atoms with Crippen molar-refractivity contribution in [1.82, 2.24) is 14.7 Å². The molecule has 134 valence electrons. The summed E-state index contributed by atoms with van der Waals surface area (Å²) in [4.78, 5) is 7.68. The summed E-state index contributed by atoms with van der Waals surface area (Å²) >= 11 is 0. The minimum Gasteiger partial charge on any atom is -0.473 e. The number of hydrogen-bond acceptors (Lipinski definition) is 5. The number of aromatic nitrogens is 2. The van der Waals surface area contributed by atoms with Crippen LogP contribution in [-0.2, 0) is 10.0 Å². The van der Waals surface area contributed by atoms with E-state index in [-0.39, 0.29) is 17.0 Å². The van der Waals surface area contributed by atoms with E-state index in [4.69, 9.17) is 4.74 Å². The summed E-state index contributed by atoms with van der Waals surface area (Å²) in [5, 5.41) is 0. The van der Waals surface area contributed by atoms with Crippen LogP contribution in [-0.4, -0.2) is 30.5 Å². The number of hydrogen-bond donors (Lipinski definition) is 1. The number of rotatable bonds is 5. The van der Waals surface area contributed by atoms with E-state index in [0.717, 1.165) is 12.1 Å². The molecule has 0 bridgehead atoms. The highest BCUT2D eigenvalue weighted by molar-refractivity contribution is 7.89. The molecule has 0 spiro atoms. The first-order chi connectivity index (χ1) is 11.9. The van der Waals surface area contributed by atoms with Gasteiger partial charge in [0.15, 0.2) is 11.6 Å². The lowest BCUT2D eigenvalue weighted by Gasteiger charge is -2.28. The lowest BCUT2D eigenvalue weighted by molar-refractivity contribution is 0.138. The molecule has 1 saturated carbocycles. The van der Waals surface area contributed by atoms with E-state index >= 15 is 0 Å². The fraction of sp³-hybridized carbons (Fsp3) is 0.375. The maximum atomic E-state index is 13.3.